The lowest BCUT2D eigenvalue weighted by Crippen LogP contribution is -2.46. The van der Waals surface area contributed by atoms with Crippen LogP contribution in [0.2, 0.25) is 0 Å². The number of aliphatic hydroxyl groups excluding tert-OH is 1. The monoisotopic (exact) mass is 254 g/mol. The van der Waals surface area contributed by atoms with E-state index in [1.165, 1.54) is 12.2 Å². The first-order chi connectivity index (χ1) is 7.21. The van der Waals surface area contributed by atoms with Gasteiger partial charge in [-0.3, -0.25) is 0 Å². The summed E-state index contributed by atoms with van der Waals surface area (Å²) in [4.78, 5) is 0. The molecule has 1 N–H and O–H groups in total. The molecule has 0 saturated heterocycles. The minimum atomic E-state index is -4.47. The summed E-state index contributed by atoms with van der Waals surface area (Å²) in [6.45, 7) is 3.39. The second-order valence-electron chi connectivity index (χ2n) is 4.45. The maximum Gasteiger partial charge on any atom is 0.399 e. The second kappa shape index (κ2) is 4.32. The fourth-order valence-electron chi connectivity index (χ4n) is 1.95. The molecule has 0 saturated carbocycles. The van der Waals surface area contributed by atoms with E-state index in [-0.39, 0.29) is 12.3 Å². The molecule has 1 aliphatic carbocycles. The first-order valence-electron chi connectivity index (χ1n) is 5.00. The SMILES string of the molecule is CC(C)CC1(C(F)(F)F)C=CC=C(O)C1Cl. The van der Waals surface area contributed by atoms with Gasteiger partial charge in [0.15, 0.2) is 0 Å². The largest absolute Gasteiger partial charge is 0.511 e. The van der Waals surface area contributed by atoms with Gasteiger partial charge in [0.25, 0.3) is 0 Å². The Morgan fingerprint density at radius 1 is 1.50 bits per heavy atom. The number of rotatable bonds is 2. The maximum absolute atomic E-state index is 13.1. The van der Waals surface area contributed by atoms with Crippen LogP contribution in [0, 0.1) is 11.3 Å². The molecule has 1 aliphatic rings. The summed E-state index contributed by atoms with van der Waals surface area (Å²) in [5.74, 6) is -0.597. The summed E-state index contributed by atoms with van der Waals surface area (Å²) in [5, 5.41) is 7.92. The van der Waals surface area contributed by atoms with Crippen LogP contribution in [0.5, 0.6) is 0 Å². The first kappa shape index (κ1) is 13.4. The smallest absolute Gasteiger partial charge is 0.399 e. The van der Waals surface area contributed by atoms with Crippen LogP contribution in [0.3, 0.4) is 0 Å². The normalized spacial score (nSPS) is 30.7. The minimum Gasteiger partial charge on any atom is -0.511 e. The van der Waals surface area contributed by atoms with Crippen LogP contribution in [0.4, 0.5) is 13.2 Å². The molecule has 0 heterocycles. The van der Waals surface area contributed by atoms with Crippen molar-refractivity contribution in [2.45, 2.75) is 31.8 Å². The zero-order valence-electron chi connectivity index (χ0n) is 9.05. The third-order valence-electron chi connectivity index (χ3n) is 2.65. The molecule has 0 aromatic carbocycles. The predicted octanol–water partition coefficient (Wildman–Crippen LogP) is 4.20. The summed E-state index contributed by atoms with van der Waals surface area (Å²) in [6, 6.07) is 0. The Bertz CT molecular complexity index is 320. The number of allylic oxidation sites excluding steroid dienone is 4. The molecule has 0 amide bonds. The van der Waals surface area contributed by atoms with Crippen LogP contribution < -0.4 is 0 Å². The van der Waals surface area contributed by atoms with E-state index in [4.69, 9.17) is 11.6 Å². The predicted molar refractivity (Wildman–Crippen MR) is 57.4 cm³/mol. The summed E-state index contributed by atoms with van der Waals surface area (Å²) in [6.07, 6.45) is -1.15. The highest BCUT2D eigenvalue weighted by Crippen LogP contribution is 2.51. The van der Waals surface area contributed by atoms with E-state index in [9.17, 15) is 18.3 Å². The average Bonchev–Trinajstić information content (AvgIpc) is 2.10. The first-order valence-corrected chi connectivity index (χ1v) is 5.43. The van der Waals surface area contributed by atoms with E-state index in [2.05, 4.69) is 0 Å². The lowest BCUT2D eigenvalue weighted by atomic mass is 9.73. The molecule has 0 bridgehead atoms. The lowest BCUT2D eigenvalue weighted by molar-refractivity contribution is -0.211. The van der Waals surface area contributed by atoms with E-state index in [1.54, 1.807) is 13.8 Å². The molecule has 2 unspecified atom stereocenters. The van der Waals surface area contributed by atoms with Crippen LogP contribution in [0.25, 0.3) is 0 Å². The highest BCUT2D eigenvalue weighted by Gasteiger charge is 2.59. The molecule has 1 nitrogen and oxygen atoms in total. The van der Waals surface area contributed by atoms with E-state index in [0.717, 1.165) is 6.08 Å². The van der Waals surface area contributed by atoms with Gasteiger partial charge in [0.05, 0.1) is 0 Å². The third-order valence-corrected chi connectivity index (χ3v) is 3.26. The number of hydrogen-bond acceptors (Lipinski definition) is 1. The molecular weight excluding hydrogens is 241 g/mol. The topological polar surface area (TPSA) is 20.2 Å². The molecule has 0 spiro atoms. The fourth-order valence-corrected chi connectivity index (χ4v) is 2.31. The number of aliphatic hydroxyl groups is 1. The lowest BCUT2D eigenvalue weighted by Gasteiger charge is -2.39. The Kier molecular flexibility index (Phi) is 3.62. The van der Waals surface area contributed by atoms with Gasteiger partial charge in [0, 0.05) is 0 Å². The third kappa shape index (κ3) is 2.21. The van der Waals surface area contributed by atoms with E-state index >= 15 is 0 Å². The van der Waals surface area contributed by atoms with Crippen molar-refractivity contribution in [3.05, 3.63) is 24.0 Å². The molecule has 0 radical (unpaired) electrons. The van der Waals surface area contributed by atoms with Gasteiger partial charge in [0.2, 0.25) is 0 Å². The summed E-state index contributed by atoms with van der Waals surface area (Å²) in [5.41, 5.74) is -2.17. The Morgan fingerprint density at radius 3 is 2.50 bits per heavy atom. The van der Waals surface area contributed by atoms with Crippen molar-refractivity contribution in [1.82, 2.24) is 0 Å². The molecule has 16 heavy (non-hydrogen) atoms. The van der Waals surface area contributed by atoms with Crippen molar-refractivity contribution in [1.29, 1.82) is 0 Å². The number of alkyl halides is 4. The number of halogens is 4. The molecule has 2 atom stereocenters. The molecule has 1 rings (SSSR count). The van der Waals surface area contributed by atoms with Gasteiger partial charge in [-0.2, -0.15) is 13.2 Å². The van der Waals surface area contributed by atoms with Gasteiger partial charge in [-0.25, -0.2) is 0 Å². The summed E-state index contributed by atoms with van der Waals surface area (Å²) in [7, 11) is 0. The second-order valence-corrected chi connectivity index (χ2v) is 4.89. The van der Waals surface area contributed by atoms with Crippen molar-refractivity contribution in [2.75, 3.05) is 0 Å². The van der Waals surface area contributed by atoms with E-state index < -0.39 is 22.7 Å². The van der Waals surface area contributed by atoms with E-state index in [0.29, 0.717) is 0 Å². The molecular formula is C11H14ClF3O. The Hall–Kier alpha value is -0.640. The van der Waals surface area contributed by atoms with Crippen LogP contribution >= 0.6 is 11.6 Å². The molecule has 92 valence electrons. The van der Waals surface area contributed by atoms with Gasteiger partial charge in [-0.15, -0.1) is 11.6 Å². The van der Waals surface area contributed by atoms with Crippen LogP contribution in [0.1, 0.15) is 20.3 Å². The molecule has 0 fully saturated rings. The molecule has 0 aromatic heterocycles. The van der Waals surface area contributed by atoms with Gasteiger partial charge in [-0.1, -0.05) is 26.0 Å². The highest BCUT2D eigenvalue weighted by atomic mass is 35.5. The minimum absolute atomic E-state index is 0.140. The summed E-state index contributed by atoms with van der Waals surface area (Å²) >= 11 is 5.73. The van der Waals surface area contributed by atoms with Crippen LogP contribution in [-0.4, -0.2) is 16.7 Å². The Morgan fingerprint density at radius 2 is 2.06 bits per heavy atom. The number of hydrogen-bond donors (Lipinski definition) is 1. The van der Waals surface area contributed by atoms with Crippen molar-refractivity contribution >= 4 is 11.6 Å². The maximum atomic E-state index is 13.1. The molecule has 5 heteroatoms. The molecule has 0 aliphatic heterocycles. The Balaban J connectivity index is 3.16. The molecule has 0 aromatic rings. The zero-order chi connectivity index (χ0) is 12.6. The fraction of sp³-hybridized carbons (Fsp3) is 0.636. The van der Waals surface area contributed by atoms with Gasteiger partial charge < -0.3 is 5.11 Å². The van der Waals surface area contributed by atoms with Gasteiger partial charge in [-0.05, 0) is 18.4 Å². The van der Waals surface area contributed by atoms with Crippen molar-refractivity contribution in [3.63, 3.8) is 0 Å². The average molecular weight is 255 g/mol. The quantitative estimate of drug-likeness (QED) is 0.732. The van der Waals surface area contributed by atoms with Crippen molar-refractivity contribution in [3.8, 4) is 0 Å². The van der Waals surface area contributed by atoms with E-state index in [1.807, 2.05) is 0 Å². The zero-order valence-corrected chi connectivity index (χ0v) is 9.81. The summed E-state index contributed by atoms with van der Waals surface area (Å²) < 4.78 is 39.3. The standard InChI is InChI=1S/C11H14ClF3O/c1-7(2)6-10(11(13,14)15)5-3-4-8(16)9(10)12/h3-5,7,9,16H,6H2,1-2H3. The van der Waals surface area contributed by atoms with Crippen LogP contribution in [0.15, 0.2) is 24.0 Å². The highest BCUT2D eigenvalue weighted by molar-refractivity contribution is 6.23. The van der Waals surface area contributed by atoms with Crippen molar-refractivity contribution in [2.24, 2.45) is 11.3 Å². The van der Waals surface area contributed by atoms with Crippen molar-refractivity contribution < 1.29 is 18.3 Å². The van der Waals surface area contributed by atoms with Crippen LogP contribution in [-0.2, 0) is 0 Å². The van der Waals surface area contributed by atoms with Gasteiger partial charge in [0.1, 0.15) is 16.6 Å². The van der Waals surface area contributed by atoms with Gasteiger partial charge >= 0.3 is 6.18 Å². The Labute approximate surface area is 97.6 Å².